The maximum atomic E-state index is 5.64. The molecule has 0 radical (unpaired) electrons. The number of aromatic nitrogens is 2. The minimum atomic E-state index is 0.512. The first-order chi connectivity index (χ1) is 10.1. The highest BCUT2D eigenvalue weighted by Crippen LogP contribution is 2.39. The fourth-order valence-corrected chi connectivity index (χ4v) is 3.13. The zero-order valence-corrected chi connectivity index (χ0v) is 13.3. The lowest BCUT2D eigenvalue weighted by Crippen LogP contribution is -2.35. The van der Waals surface area contributed by atoms with Gasteiger partial charge in [-0.15, -0.1) is 0 Å². The van der Waals surface area contributed by atoms with Crippen LogP contribution in [0.1, 0.15) is 25.8 Å². The average Bonchev–Trinajstić information content (AvgIpc) is 2.91. The molecule has 1 aromatic carbocycles. The van der Waals surface area contributed by atoms with Crippen molar-refractivity contribution in [1.82, 2.24) is 9.78 Å². The summed E-state index contributed by atoms with van der Waals surface area (Å²) in [6.45, 7) is 5.62. The predicted octanol–water partition coefficient (Wildman–Crippen LogP) is 3.26. The van der Waals surface area contributed by atoms with Gasteiger partial charge in [-0.25, -0.2) is 0 Å². The van der Waals surface area contributed by atoms with E-state index in [4.69, 9.17) is 4.74 Å². The molecule has 1 aromatic heterocycles. The zero-order chi connectivity index (χ0) is 15.0. The molecule has 0 fully saturated rings. The quantitative estimate of drug-likeness (QED) is 0.867. The van der Waals surface area contributed by atoms with E-state index in [2.05, 4.69) is 36.0 Å². The molecular weight excluding hydrogens is 262 g/mol. The van der Waals surface area contributed by atoms with Crippen LogP contribution in [0.15, 0.2) is 24.5 Å². The van der Waals surface area contributed by atoms with Crippen molar-refractivity contribution in [2.45, 2.75) is 32.7 Å². The molecule has 1 aliphatic rings. The molecule has 3 rings (SSSR count). The fraction of sp³-hybridized carbons (Fsp3) is 0.471. The van der Waals surface area contributed by atoms with Crippen molar-refractivity contribution in [3.63, 3.8) is 0 Å². The molecular formula is C17H23N3O. The minimum Gasteiger partial charge on any atom is -0.496 e. The Morgan fingerprint density at radius 1 is 1.29 bits per heavy atom. The average molecular weight is 285 g/mol. The first-order valence-electron chi connectivity index (χ1n) is 7.56. The van der Waals surface area contributed by atoms with Gasteiger partial charge in [0.15, 0.2) is 0 Å². The van der Waals surface area contributed by atoms with Crippen molar-refractivity contribution < 1.29 is 4.74 Å². The summed E-state index contributed by atoms with van der Waals surface area (Å²) in [5.41, 5.74) is 4.98. The molecule has 112 valence electrons. The summed E-state index contributed by atoms with van der Waals surface area (Å²) in [7, 11) is 3.68. The molecule has 0 N–H and O–H groups in total. The molecule has 1 aliphatic heterocycles. The van der Waals surface area contributed by atoms with Crippen LogP contribution in [0.2, 0.25) is 0 Å². The van der Waals surface area contributed by atoms with Crippen LogP contribution >= 0.6 is 0 Å². The third kappa shape index (κ3) is 2.50. The second-order valence-electron chi connectivity index (χ2n) is 5.97. The van der Waals surface area contributed by atoms with Gasteiger partial charge in [0.2, 0.25) is 0 Å². The van der Waals surface area contributed by atoms with E-state index in [1.54, 1.807) is 7.11 Å². The first-order valence-corrected chi connectivity index (χ1v) is 7.56. The van der Waals surface area contributed by atoms with Gasteiger partial charge in [-0.05, 0) is 38.3 Å². The van der Waals surface area contributed by atoms with Crippen LogP contribution in [0.4, 0.5) is 5.69 Å². The van der Waals surface area contributed by atoms with E-state index in [0.29, 0.717) is 6.04 Å². The number of rotatable bonds is 3. The number of benzene rings is 1. The van der Waals surface area contributed by atoms with Gasteiger partial charge in [-0.1, -0.05) is 0 Å². The third-order valence-electron chi connectivity index (χ3n) is 4.19. The molecule has 0 saturated heterocycles. The SMILES string of the molecule is COc1cc2c(cc1-c1cnn(C)c1)CCCN2C(C)C. The zero-order valence-electron chi connectivity index (χ0n) is 13.3. The van der Waals surface area contributed by atoms with Crippen molar-refractivity contribution in [3.05, 3.63) is 30.1 Å². The predicted molar refractivity (Wildman–Crippen MR) is 86.0 cm³/mol. The molecule has 2 aromatic rings. The Morgan fingerprint density at radius 2 is 2.10 bits per heavy atom. The number of hydrogen-bond donors (Lipinski definition) is 0. The van der Waals surface area contributed by atoms with E-state index in [1.165, 1.54) is 17.7 Å². The largest absolute Gasteiger partial charge is 0.496 e. The van der Waals surface area contributed by atoms with Crippen molar-refractivity contribution in [2.75, 3.05) is 18.6 Å². The van der Waals surface area contributed by atoms with E-state index < -0.39 is 0 Å². The van der Waals surface area contributed by atoms with Gasteiger partial charge in [0.1, 0.15) is 5.75 Å². The van der Waals surface area contributed by atoms with Crippen molar-refractivity contribution in [2.24, 2.45) is 7.05 Å². The molecule has 0 spiro atoms. The van der Waals surface area contributed by atoms with Crippen LogP contribution < -0.4 is 9.64 Å². The Labute approximate surface area is 126 Å². The summed E-state index contributed by atoms with van der Waals surface area (Å²) in [4.78, 5) is 2.47. The summed E-state index contributed by atoms with van der Waals surface area (Å²) in [5.74, 6) is 0.925. The van der Waals surface area contributed by atoms with E-state index in [0.717, 1.165) is 29.8 Å². The second-order valence-corrected chi connectivity index (χ2v) is 5.97. The molecule has 4 nitrogen and oxygen atoms in total. The van der Waals surface area contributed by atoms with Gasteiger partial charge in [-0.3, -0.25) is 4.68 Å². The van der Waals surface area contributed by atoms with Gasteiger partial charge in [0, 0.05) is 48.7 Å². The van der Waals surface area contributed by atoms with Gasteiger partial charge in [-0.2, -0.15) is 5.10 Å². The Hall–Kier alpha value is -1.97. The lowest BCUT2D eigenvalue weighted by atomic mass is 9.95. The minimum absolute atomic E-state index is 0.512. The topological polar surface area (TPSA) is 30.3 Å². The molecule has 0 unspecified atom stereocenters. The molecule has 0 atom stereocenters. The van der Waals surface area contributed by atoms with Crippen LogP contribution in [0, 0.1) is 0 Å². The molecule has 0 aliphatic carbocycles. The number of ether oxygens (including phenoxy) is 1. The number of methoxy groups -OCH3 is 1. The van der Waals surface area contributed by atoms with Crippen LogP contribution in [0.3, 0.4) is 0 Å². The number of hydrogen-bond acceptors (Lipinski definition) is 3. The molecule has 21 heavy (non-hydrogen) atoms. The Balaban J connectivity index is 2.11. The monoisotopic (exact) mass is 285 g/mol. The summed E-state index contributed by atoms with van der Waals surface area (Å²) in [6.07, 6.45) is 6.28. The van der Waals surface area contributed by atoms with E-state index in [-0.39, 0.29) is 0 Å². The molecule has 2 heterocycles. The van der Waals surface area contributed by atoms with Crippen molar-refractivity contribution in [3.8, 4) is 16.9 Å². The van der Waals surface area contributed by atoms with Crippen molar-refractivity contribution >= 4 is 5.69 Å². The number of nitrogens with zero attached hydrogens (tertiary/aromatic N) is 3. The fourth-order valence-electron chi connectivity index (χ4n) is 3.13. The normalized spacial score (nSPS) is 14.4. The Bertz CT molecular complexity index is 645. The number of aryl methyl sites for hydroxylation is 2. The molecule has 0 saturated carbocycles. The summed E-state index contributed by atoms with van der Waals surface area (Å²) in [6, 6.07) is 4.98. The third-order valence-corrected chi connectivity index (χ3v) is 4.19. The Kier molecular flexibility index (Phi) is 3.62. The molecule has 0 amide bonds. The first kappa shape index (κ1) is 14.0. The van der Waals surface area contributed by atoms with E-state index >= 15 is 0 Å². The van der Waals surface area contributed by atoms with Gasteiger partial charge < -0.3 is 9.64 Å². The summed E-state index contributed by atoms with van der Waals surface area (Å²) < 4.78 is 7.47. The van der Waals surface area contributed by atoms with Crippen LogP contribution in [0.25, 0.3) is 11.1 Å². The van der Waals surface area contributed by atoms with Crippen LogP contribution in [-0.2, 0) is 13.5 Å². The van der Waals surface area contributed by atoms with Crippen molar-refractivity contribution in [1.29, 1.82) is 0 Å². The Morgan fingerprint density at radius 3 is 2.71 bits per heavy atom. The smallest absolute Gasteiger partial charge is 0.128 e. The summed E-state index contributed by atoms with van der Waals surface area (Å²) in [5, 5.41) is 4.27. The standard InChI is InChI=1S/C17H23N3O/c1-12(2)20-7-5-6-13-8-15(14-10-18-19(3)11-14)17(21-4)9-16(13)20/h8-12H,5-7H2,1-4H3. The lowest BCUT2D eigenvalue weighted by molar-refractivity contribution is 0.416. The molecule has 0 bridgehead atoms. The number of anilines is 1. The molecule has 4 heteroatoms. The highest BCUT2D eigenvalue weighted by atomic mass is 16.5. The maximum Gasteiger partial charge on any atom is 0.128 e. The number of fused-ring (bicyclic) bond motifs is 1. The van der Waals surface area contributed by atoms with Crippen LogP contribution in [0.5, 0.6) is 5.75 Å². The highest BCUT2D eigenvalue weighted by Gasteiger charge is 2.22. The van der Waals surface area contributed by atoms with Gasteiger partial charge in [0.05, 0.1) is 13.3 Å². The second kappa shape index (κ2) is 5.43. The summed E-state index contributed by atoms with van der Waals surface area (Å²) >= 11 is 0. The highest BCUT2D eigenvalue weighted by molar-refractivity contribution is 5.76. The van der Waals surface area contributed by atoms with Crippen LogP contribution in [-0.4, -0.2) is 29.5 Å². The van der Waals surface area contributed by atoms with E-state index in [9.17, 15) is 0 Å². The van der Waals surface area contributed by atoms with Gasteiger partial charge >= 0.3 is 0 Å². The maximum absolute atomic E-state index is 5.64. The van der Waals surface area contributed by atoms with E-state index in [1.807, 2.05) is 24.1 Å². The lowest BCUT2D eigenvalue weighted by Gasteiger charge is -2.35. The van der Waals surface area contributed by atoms with Gasteiger partial charge in [0.25, 0.3) is 0 Å².